The number of aryl methyl sites for hydroxylation is 1. The van der Waals surface area contributed by atoms with Gasteiger partial charge in [0.1, 0.15) is 5.69 Å². The third-order valence-electron chi connectivity index (χ3n) is 1.41. The molecule has 0 fully saturated rings. The van der Waals surface area contributed by atoms with Gasteiger partial charge in [-0.3, -0.25) is 4.98 Å². The SMILES string of the molecule is CC(=N)c1ncc(C)cc1N. The van der Waals surface area contributed by atoms with Crippen LogP contribution in [-0.4, -0.2) is 10.7 Å². The molecule has 1 aromatic heterocycles. The number of pyridine rings is 1. The monoisotopic (exact) mass is 149 g/mol. The fraction of sp³-hybridized carbons (Fsp3) is 0.250. The fourth-order valence-corrected chi connectivity index (χ4v) is 0.905. The minimum Gasteiger partial charge on any atom is -0.397 e. The van der Waals surface area contributed by atoms with Crippen LogP contribution in [-0.2, 0) is 0 Å². The van der Waals surface area contributed by atoms with Gasteiger partial charge in [-0.2, -0.15) is 0 Å². The summed E-state index contributed by atoms with van der Waals surface area (Å²) in [6, 6.07) is 1.82. The summed E-state index contributed by atoms with van der Waals surface area (Å²) in [5, 5.41) is 7.30. The van der Waals surface area contributed by atoms with Crippen LogP contribution in [0.4, 0.5) is 5.69 Å². The molecule has 0 unspecified atom stereocenters. The third-order valence-corrected chi connectivity index (χ3v) is 1.41. The molecular weight excluding hydrogens is 138 g/mol. The fourth-order valence-electron chi connectivity index (χ4n) is 0.905. The smallest absolute Gasteiger partial charge is 0.106 e. The zero-order valence-corrected chi connectivity index (χ0v) is 6.68. The van der Waals surface area contributed by atoms with Crippen LogP contribution >= 0.6 is 0 Å². The van der Waals surface area contributed by atoms with Crippen molar-refractivity contribution < 1.29 is 0 Å². The largest absolute Gasteiger partial charge is 0.397 e. The Morgan fingerprint density at radius 3 is 2.73 bits per heavy atom. The molecule has 0 aromatic carbocycles. The molecule has 0 spiro atoms. The molecule has 0 radical (unpaired) electrons. The molecule has 0 amide bonds. The molecule has 0 atom stereocenters. The number of hydrogen-bond donors (Lipinski definition) is 2. The summed E-state index contributed by atoms with van der Waals surface area (Å²) in [7, 11) is 0. The van der Waals surface area contributed by atoms with Crippen molar-refractivity contribution in [3.63, 3.8) is 0 Å². The molecule has 3 nitrogen and oxygen atoms in total. The van der Waals surface area contributed by atoms with Gasteiger partial charge < -0.3 is 11.1 Å². The van der Waals surface area contributed by atoms with Crippen molar-refractivity contribution >= 4 is 11.4 Å². The quantitative estimate of drug-likeness (QED) is 0.592. The molecule has 0 saturated carbocycles. The first-order valence-electron chi connectivity index (χ1n) is 3.39. The molecule has 3 N–H and O–H groups in total. The predicted molar refractivity (Wildman–Crippen MR) is 45.9 cm³/mol. The zero-order valence-electron chi connectivity index (χ0n) is 6.68. The maximum absolute atomic E-state index is 7.30. The maximum Gasteiger partial charge on any atom is 0.106 e. The highest BCUT2D eigenvalue weighted by molar-refractivity contribution is 5.98. The van der Waals surface area contributed by atoms with E-state index in [1.165, 1.54) is 0 Å². The third kappa shape index (κ3) is 1.55. The van der Waals surface area contributed by atoms with Gasteiger partial charge in [0.25, 0.3) is 0 Å². The van der Waals surface area contributed by atoms with Gasteiger partial charge in [-0.05, 0) is 25.5 Å². The van der Waals surface area contributed by atoms with Crippen molar-refractivity contribution in [2.45, 2.75) is 13.8 Å². The van der Waals surface area contributed by atoms with E-state index < -0.39 is 0 Å². The van der Waals surface area contributed by atoms with Crippen LogP contribution in [0.3, 0.4) is 0 Å². The lowest BCUT2D eigenvalue weighted by molar-refractivity contribution is 1.23. The van der Waals surface area contributed by atoms with Gasteiger partial charge >= 0.3 is 0 Å². The summed E-state index contributed by atoms with van der Waals surface area (Å²) >= 11 is 0. The number of anilines is 1. The standard InChI is InChI=1S/C8H11N3/c1-5-3-7(10)8(6(2)9)11-4-5/h3-4,9H,10H2,1-2H3. The van der Waals surface area contributed by atoms with E-state index >= 15 is 0 Å². The van der Waals surface area contributed by atoms with Crippen molar-refractivity contribution in [1.82, 2.24) is 4.98 Å². The predicted octanol–water partition coefficient (Wildman–Crippen LogP) is 1.36. The Hall–Kier alpha value is -1.38. The van der Waals surface area contributed by atoms with Crippen LogP contribution in [0.5, 0.6) is 0 Å². The Bertz CT molecular complexity index is 291. The van der Waals surface area contributed by atoms with Gasteiger partial charge in [-0.15, -0.1) is 0 Å². The summed E-state index contributed by atoms with van der Waals surface area (Å²) in [6.45, 7) is 3.60. The molecule has 1 heterocycles. The van der Waals surface area contributed by atoms with E-state index in [4.69, 9.17) is 11.1 Å². The van der Waals surface area contributed by atoms with Crippen LogP contribution in [0, 0.1) is 12.3 Å². The van der Waals surface area contributed by atoms with Crippen LogP contribution < -0.4 is 5.73 Å². The van der Waals surface area contributed by atoms with Crippen molar-refractivity contribution in [3.8, 4) is 0 Å². The van der Waals surface area contributed by atoms with Crippen molar-refractivity contribution in [2.24, 2.45) is 0 Å². The second kappa shape index (κ2) is 2.70. The number of nitrogen functional groups attached to an aromatic ring is 1. The second-order valence-corrected chi connectivity index (χ2v) is 2.58. The van der Waals surface area contributed by atoms with E-state index in [1.54, 1.807) is 13.1 Å². The highest BCUT2D eigenvalue weighted by Crippen LogP contribution is 2.10. The lowest BCUT2D eigenvalue weighted by Crippen LogP contribution is -2.02. The molecule has 58 valence electrons. The number of nitrogens with two attached hydrogens (primary N) is 1. The zero-order chi connectivity index (χ0) is 8.43. The van der Waals surface area contributed by atoms with Gasteiger partial charge in [-0.1, -0.05) is 0 Å². The molecule has 1 rings (SSSR count). The lowest BCUT2D eigenvalue weighted by atomic mass is 10.2. The van der Waals surface area contributed by atoms with Gasteiger partial charge in [-0.25, -0.2) is 0 Å². The maximum atomic E-state index is 7.30. The van der Waals surface area contributed by atoms with Crippen LogP contribution in [0.1, 0.15) is 18.2 Å². The minimum absolute atomic E-state index is 0.405. The van der Waals surface area contributed by atoms with E-state index in [0.717, 1.165) is 5.56 Å². The summed E-state index contributed by atoms with van der Waals surface area (Å²) < 4.78 is 0. The normalized spacial score (nSPS) is 9.64. The Balaban J connectivity index is 3.20. The van der Waals surface area contributed by atoms with Crippen molar-refractivity contribution in [3.05, 3.63) is 23.5 Å². The van der Waals surface area contributed by atoms with Gasteiger partial charge in [0.05, 0.1) is 11.4 Å². The first-order chi connectivity index (χ1) is 5.11. The van der Waals surface area contributed by atoms with Gasteiger partial charge in [0.15, 0.2) is 0 Å². The second-order valence-electron chi connectivity index (χ2n) is 2.58. The van der Waals surface area contributed by atoms with E-state index in [1.807, 2.05) is 13.0 Å². The van der Waals surface area contributed by atoms with E-state index in [-0.39, 0.29) is 0 Å². The molecule has 1 aromatic rings. The summed E-state index contributed by atoms with van der Waals surface area (Å²) in [5.74, 6) is 0. The van der Waals surface area contributed by atoms with Gasteiger partial charge in [0.2, 0.25) is 0 Å². The highest BCUT2D eigenvalue weighted by atomic mass is 14.7. The van der Waals surface area contributed by atoms with Crippen molar-refractivity contribution in [2.75, 3.05) is 5.73 Å². The topological polar surface area (TPSA) is 62.8 Å². The molecule has 11 heavy (non-hydrogen) atoms. The first kappa shape index (κ1) is 7.72. The number of aromatic nitrogens is 1. The number of rotatable bonds is 1. The summed E-state index contributed by atoms with van der Waals surface area (Å²) in [5.41, 5.74) is 8.21. The molecule has 0 saturated heterocycles. The van der Waals surface area contributed by atoms with E-state index in [9.17, 15) is 0 Å². The van der Waals surface area contributed by atoms with Crippen LogP contribution in [0.15, 0.2) is 12.3 Å². The lowest BCUT2D eigenvalue weighted by Gasteiger charge is -2.02. The Kier molecular flexibility index (Phi) is 1.89. The average molecular weight is 149 g/mol. The molecule has 0 aliphatic carbocycles. The Morgan fingerprint density at radius 1 is 1.64 bits per heavy atom. The van der Waals surface area contributed by atoms with Crippen molar-refractivity contribution in [1.29, 1.82) is 5.41 Å². The summed E-state index contributed by atoms with van der Waals surface area (Å²) in [4.78, 5) is 4.03. The Labute approximate surface area is 65.8 Å². The number of hydrogen-bond acceptors (Lipinski definition) is 3. The molecular formula is C8H11N3. The first-order valence-corrected chi connectivity index (χ1v) is 3.39. The number of nitrogens with one attached hydrogen (secondary N) is 1. The molecule has 3 heteroatoms. The van der Waals surface area contributed by atoms with Crippen LogP contribution in [0.2, 0.25) is 0 Å². The van der Waals surface area contributed by atoms with E-state index in [2.05, 4.69) is 4.98 Å². The van der Waals surface area contributed by atoms with Crippen LogP contribution in [0.25, 0.3) is 0 Å². The molecule has 0 bridgehead atoms. The molecule has 0 aliphatic heterocycles. The summed E-state index contributed by atoms with van der Waals surface area (Å²) in [6.07, 6.45) is 1.71. The number of nitrogens with zero attached hydrogens (tertiary/aromatic N) is 1. The Morgan fingerprint density at radius 2 is 2.27 bits per heavy atom. The average Bonchev–Trinajstić information content (AvgIpc) is 1.85. The van der Waals surface area contributed by atoms with Gasteiger partial charge in [0, 0.05) is 6.20 Å². The van der Waals surface area contributed by atoms with E-state index in [0.29, 0.717) is 17.1 Å². The molecule has 0 aliphatic rings. The highest BCUT2D eigenvalue weighted by Gasteiger charge is 2.01. The minimum atomic E-state index is 0.405.